The summed E-state index contributed by atoms with van der Waals surface area (Å²) in [4.78, 5) is 37.9. The normalized spacial score (nSPS) is 23.0. The number of Topliss-reactive ketones (excluding diaryl/α,β-unsaturated/α-hetero) is 1. The highest BCUT2D eigenvalue weighted by Gasteiger charge is 2.26. The predicted octanol–water partition coefficient (Wildman–Crippen LogP) is 1.13. The van der Waals surface area contributed by atoms with Gasteiger partial charge < -0.3 is 14.7 Å². The fourth-order valence-electron chi connectivity index (χ4n) is 1.89. The molecule has 112 valence electrons. The van der Waals surface area contributed by atoms with E-state index in [0.29, 0.717) is 25.7 Å². The van der Waals surface area contributed by atoms with Crippen molar-refractivity contribution in [1.29, 1.82) is 0 Å². The van der Waals surface area contributed by atoms with Crippen LogP contribution in [0.2, 0.25) is 0 Å². The molecular weight excluding hydrogens is 290 g/mol. The van der Waals surface area contributed by atoms with Crippen LogP contribution in [0.3, 0.4) is 0 Å². The highest BCUT2D eigenvalue weighted by molar-refractivity contribution is 6.67. The Bertz CT molecular complexity index is 414. The van der Waals surface area contributed by atoms with Gasteiger partial charge in [0, 0.05) is 6.92 Å². The van der Waals surface area contributed by atoms with Crippen LogP contribution in [0.25, 0.3) is 0 Å². The molecule has 0 bridgehead atoms. The highest BCUT2D eigenvalue weighted by Crippen LogP contribution is 2.23. The Balaban J connectivity index is 2.48. The van der Waals surface area contributed by atoms with Gasteiger partial charge in [0.2, 0.25) is 11.5 Å². The minimum absolute atomic E-state index is 0.139. The molecular formula is C12H16ClNO6. The Morgan fingerprint density at radius 1 is 1.20 bits per heavy atom. The van der Waals surface area contributed by atoms with Crippen LogP contribution in [-0.2, 0) is 24.0 Å². The molecule has 0 spiro atoms. The Hall–Kier alpha value is -1.63. The lowest BCUT2D eigenvalue weighted by atomic mass is 9.95. The van der Waals surface area contributed by atoms with Gasteiger partial charge in [-0.05, 0) is 25.7 Å². The quantitative estimate of drug-likeness (QED) is 0.259. The summed E-state index contributed by atoms with van der Waals surface area (Å²) < 4.78 is 5.06. The van der Waals surface area contributed by atoms with E-state index in [1.807, 2.05) is 0 Å². The number of carbonyl (C=O) groups excluding carboxylic acids is 2. The molecule has 0 aromatic heterocycles. The second-order valence-electron chi connectivity index (χ2n) is 4.42. The molecule has 1 aliphatic carbocycles. The molecule has 0 aromatic carbocycles. The Morgan fingerprint density at radius 3 is 2.20 bits per heavy atom. The average molecular weight is 306 g/mol. The summed E-state index contributed by atoms with van der Waals surface area (Å²) in [6.45, 7) is 1.35. The second kappa shape index (κ2) is 7.84. The van der Waals surface area contributed by atoms with E-state index >= 15 is 0 Å². The summed E-state index contributed by atoms with van der Waals surface area (Å²) in [5, 5.41) is 12.2. The van der Waals surface area contributed by atoms with Crippen LogP contribution in [0.15, 0.2) is 5.16 Å². The maximum absolute atomic E-state index is 11.2. The van der Waals surface area contributed by atoms with Crippen molar-refractivity contribution in [2.75, 3.05) is 5.88 Å². The van der Waals surface area contributed by atoms with E-state index in [4.69, 9.17) is 26.3 Å². The van der Waals surface area contributed by atoms with E-state index in [9.17, 15) is 14.4 Å². The van der Waals surface area contributed by atoms with E-state index in [1.165, 1.54) is 6.92 Å². The molecule has 0 saturated heterocycles. The molecule has 0 amide bonds. The van der Waals surface area contributed by atoms with Crippen LogP contribution in [0.4, 0.5) is 0 Å². The first-order valence-corrected chi connectivity index (χ1v) is 6.71. The van der Waals surface area contributed by atoms with Gasteiger partial charge in [-0.25, -0.2) is 4.79 Å². The van der Waals surface area contributed by atoms with Crippen molar-refractivity contribution in [3.63, 3.8) is 0 Å². The van der Waals surface area contributed by atoms with Crippen molar-refractivity contribution < 1.29 is 29.1 Å². The largest absolute Gasteiger partial charge is 0.476 e. The lowest BCUT2D eigenvalue weighted by Crippen LogP contribution is -2.29. The van der Waals surface area contributed by atoms with E-state index in [-0.39, 0.29) is 18.2 Å². The number of ether oxygens (including phenoxy) is 1. The van der Waals surface area contributed by atoms with Crippen molar-refractivity contribution in [3.05, 3.63) is 0 Å². The van der Waals surface area contributed by atoms with Crippen LogP contribution in [0.5, 0.6) is 0 Å². The molecule has 0 aliphatic heterocycles. The summed E-state index contributed by atoms with van der Waals surface area (Å²) in [7, 11) is 0. The summed E-state index contributed by atoms with van der Waals surface area (Å²) >= 11 is 5.28. The molecule has 0 unspecified atom stereocenters. The van der Waals surface area contributed by atoms with E-state index < -0.39 is 23.3 Å². The van der Waals surface area contributed by atoms with Crippen LogP contribution in [0, 0.1) is 0 Å². The number of carbonyl (C=O) groups is 3. The molecule has 1 saturated carbocycles. The van der Waals surface area contributed by atoms with Crippen molar-refractivity contribution in [2.45, 2.75) is 44.8 Å². The molecule has 1 fully saturated rings. The maximum Gasteiger partial charge on any atom is 0.361 e. The number of carboxylic acid groups (broad SMARTS) is 1. The van der Waals surface area contributed by atoms with Crippen molar-refractivity contribution in [1.82, 2.24) is 0 Å². The number of carboxylic acids is 1. The molecule has 8 heteroatoms. The van der Waals surface area contributed by atoms with Crippen LogP contribution >= 0.6 is 11.6 Å². The standard InChI is InChI=1S/C12H16ClNO6/c1-7(15)19-8-2-4-9(5-3-8)20-14-11(12(17)18)10(16)6-13/h8-9H,2-6H2,1H3,(H,17,18)/b14-11-/t8-,9+. The summed E-state index contributed by atoms with van der Waals surface area (Å²) in [5.41, 5.74) is -0.706. The number of oxime groups is 1. The van der Waals surface area contributed by atoms with Gasteiger partial charge >= 0.3 is 11.9 Å². The third-order valence-electron chi connectivity index (χ3n) is 2.83. The second-order valence-corrected chi connectivity index (χ2v) is 4.68. The van der Waals surface area contributed by atoms with Gasteiger partial charge in [-0.2, -0.15) is 0 Å². The molecule has 7 nitrogen and oxygen atoms in total. The smallest absolute Gasteiger partial charge is 0.361 e. The lowest BCUT2D eigenvalue weighted by Gasteiger charge is -2.26. The van der Waals surface area contributed by atoms with Gasteiger partial charge in [-0.15, -0.1) is 11.6 Å². The fourth-order valence-corrected chi connectivity index (χ4v) is 2.02. The molecule has 0 atom stereocenters. The minimum atomic E-state index is -1.47. The van der Waals surface area contributed by atoms with E-state index in [0.717, 1.165) is 0 Å². The number of aliphatic carboxylic acids is 1. The number of halogens is 1. The highest BCUT2D eigenvalue weighted by atomic mass is 35.5. The summed E-state index contributed by atoms with van der Waals surface area (Å²) in [5.74, 6) is -3.06. The van der Waals surface area contributed by atoms with Gasteiger partial charge in [-0.1, -0.05) is 5.16 Å². The SMILES string of the molecule is CC(=O)O[C@H]1CC[C@@H](O/N=C(\C(=O)O)C(=O)CCl)CC1. The van der Waals surface area contributed by atoms with E-state index in [2.05, 4.69) is 5.16 Å². The van der Waals surface area contributed by atoms with Crippen molar-refractivity contribution in [3.8, 4) is 0 Å². The summed E-state index contributed by atoms with van der Waals surface area (Å²) in [6, 6.07) is 0. The number of nitrogens with zero attached hydrogens (tertiary/aromatic N) is 1. The zero-order valence-corrected chi connectivity index (χ0v) is 11.8. The fraction of sp³-hybridized carbons (Fsp3) is 0.667. The minimum Gasteiger partial charge on any atom is -0.476 e. The maximum atomic E-state index is 11.2. The predicted molar refractivity (Wildman–Crippen MR) is 69.7 cm³/mol. The van der Waals surface area contributed by atoms with Crippen LogP contribution < -0.4 is 0 Å². The number of ketones is 1. The Morgan fingerprint density at radius 2 is 1.75 bits per heavy atom. The van der Waals surface area contributed by atoms with Gasteiger partial charge in [0.25, 0.3) is 0 Å². The van der Waals surface area contributed by atoms with Gasteiger partial charge in [0.15, 0.2) is 0 Å². The van der Waals surface area contributed by atoms with E-state index in [1.54, 1.807) is 0 Å². The summed E-state index contributed by atoms with van der Waals surface area (Å²) in [6.07, 6.45) is 1.95. The topological polar surface area (TPSA) is 102 Å². The zero-order valence-electron chi connectivity index (χ0n) is 11.0. The molecule has 0 aromatic rings. The van der Waals surface area contributed by atoms with Crippen molar-refractivity contribution >= 4 is 35.0 Å². The number of esters is 1. The zero-order chi connectivity index (χ0) is 15.1. The molecule has 1 N–H and O–H groups in total. The third kappa shape index (κ3) is 5.16. The van der Waals surface area contributed by atoms with Crippen molar-refractivity contribution in [2.24, 2.45) is 5.16 Å². The number of rotatable bonds is 6. The van der Waals surface area contributed by atoms with Gasteiger partial charge in [0.1, 0.15) is 12.2 Å². The first-order valence-electron chi connectivity index (χ1n) is 6.17. The molecule has 0 heterocycles. The van der Waals surface area contributed by atoms with Crippen LogP contribution in [-0.4, -0.2) is 46.6 Å². The average Bonchev–Trinajstić information content (AvgIpc) is 2.39. The molecule has 20 heavy (non-hydrogen) atoms. The first-order chi connectivity index (χ1) is 9.43. The van der Waals surface area contributed by atoms with Gasteiger partial charge in [-0.3, -0.25) is 9.59 Å². The lowest BCUT2D eigenvalue weighted by molar-refractivity contribution is -0.149. The molecule has 1 aliphatic rings. The number of hydrogen-bond donors (Lipinski definition) is 1. The number of alkyl halides is 1. The third-order valence-corrected chi connectivity index (χ3v) is 3.08. The molecule has 1 rings (SSSR count). The monoisotopic (exact) mass is 305 g/mol. The van der Waals surface area contributed by atoms with Gasteiger partial charge in [0.05, 0.1) is 5.88 Å². The number of hydrogen-bond acceptors (Lipinski definition) is 6. The Kier molecular flexibility index (Phi) is 6.44. The van der Waals surface area contributed by atoms with Crippen LogP contribution in [0.1, 0.15) is 32.6 Å². The molecule has 0 radical (unpaired) electrons. The Labute approximate surface area is 120 Å². The first kappa shape index (κ1) is 16.4.